The lowest BCUT2D eigenvalue weighted by Gasteiger charge is -2.02. The van der Waals surface area contributed by atoms with E-state index in [4.69, 9.17) is 0 Å². The van der Waals surface area contributed by atoms with E-state index in [9.17, 15) is 4.79 Å². The number of nitrogens with one attached hydrogen (secondary N) is 2. The van der Waals surface area contributed by atoms with Crippen LogP contribution in [-0.4, -0.2) is 10.9 Å². The second-order valence-corrected chi connectivity index (χ2v) is 5.31. The maximum Gasteiger partial charge on any atom is 0.259 e. The number of benzene rings is 1. The zero-order valence-corrected chi connectivity index (χ0v) is 12.0. The molecule has 2 N–H and O–H groups in total. The van der Waals surface area contributed by atoms with Gasteiger partial charge in [-0.3, -0.25) is 4.79 Å². The van der Waals surface area contributed by atoms with Crippen molar-refractivity contribution in [3.05, 3.63) is 57.9 Å². The molecule has 0 radical (unpaired) electrons. The Labute approximate surface area is 124 Å². The van der Waals surface area contributed by atoms with Crippen molar-refractivity contribution in [3.8, 4) is 0 Å². The Balaban J connectivity index is 1.88. The SMILES string of the molecule is O=C1Nc2ncccc2C1=CNc1ccc(I)cc1. The van der Waals surface area contributed by atoms with E-state index in [1.54, 1.807) is 12.4 Å². The van der Waals surface area contributed by atoms with Crippen LogP contribution in [0.3, 0.4) is 0 Å². The van der Waals surface area contributed by atoms with Crippen LogP contribution in [0.1, 0.15) is 5.56 Å². The molecule has 0 atom stereocenters. The summed E-state index contributed by atoms with van der Waals surface area (Å²) >= 11 is 2.25. The van der Waals surface area contributed by atoms with Gasteiger partial charge in [-0.15, -0.1) is 0 Å². The summed E-state index contributed by atoms with van der Waals surface area (Å²) in [7, 11) is 0. The molecule has 2 heterocycles. The van der Waals surface area contributed by atoms with Crippen LogP contribution in [0, 0.1) is 3.57 Å². The molecule has 5 heteroatoms. The zero-order valence-electron chi connectivity index (χ0n) is 9.85. The molecule has 0 saturated heterocycles. The van der Waals surface area contributed by atoms with Crippen LogP contribution in [0.2, 0.25) is 0 Å². The predicted molar refractivity (Wildman–Crippen MR) is 83.6 cm³/mol. The fourth-order valence-electron chi connectivity index (χ4n) is 1.86. The standard InChI is InChI=1S/C14H10IN3O/c15-9-3-5-10(6-4-9)17-8-12-11-2-1-7-16-13(11)18-14(12)19/h1-8,17H,(H,16,18,19). The van der Waals surface area contributed by atoms with Crippen molar-refractivity contribution in [1.29, 1.82) is 0 Å². The Bertz CT molecular complexity index is 665. The van der Waals surface area contributed by atoms with E-state index in [0.29, 0.717) is 11.4 Å². The Kier molecular flexibility index (Phi) is 3.20. The minimum absolute atomic E-state index is 0.133. The van der Waals surface area contributed by atoms with Crippen molar-refractivity contribution in [2.24, 2.45) is 0 Å². The monoisotopic (exact) mass is 363 g/mol. The summed E-state index contributed by atoms with van der Waals surface area (Å²) in [5.41, 5.74) is 2.37. The van der Waals surface area contributed by atoms with Gasteiger partial charge in [0.1, 0.15) is 5.82 Å². The smallest absolute Gasteiger partial charge is 0.259 e. The molecule has 94 valence electrons. The van der Waals surface area contributed by atoms with Gasteiger partial charge in [0.25, 0.3) is 5.91 Å². The second-order valence-electron chi connectivity index (χ2n) is 4.06. The lowest BCUT2D eigenvalue weighted by Crippen LogP contribution is -2.05. The minimum atomic E-state index is -0.133. The largest absolute Gasteiger partial charge is 0.361 e. The Morgan fingerprint density at radius 2 is 2.00 bits per heavy atom. The summed E-state index contributed by atoms with van der Waals surface area (Å²) in [6.45, 7) is 0. The molecule has 19 heavy (non-hydrogen) atoms. The predicted octanol–water partition coefficient (Wildman–Crippen LogP) is 3.09. The number of halogens is 1. The van der Waals surface area contributed by atoms with Gasteiger partial charge < -0.3 is 10.6 Å². The molecule has 0 aliphatic carbocycles. The first-order valence-electron chi connectivity index (χ1n) is 5.73. The number of hydrogen-bond donors (Lipinski definition) is 2. The van der Waals surface area contributed by atoms with Crippen LogP contribution < -0.4 is 10.6 Å². The van der Waals surface area contributed by atoms with E-state index in [1.165, 1.54) is 3.57 Å². The number of pyridine rings is 1. The third-order valence-corrected chi connectivity index (χ3v) is 3.52. The zero-order chi connectivity index (χ0) is 13.2. The van der Waals surface area contributed by atoms with Crippen molar-refractivity contribution in [2.45, 2.75) is 0 Å². The van der Waals surface area contributed by atoms with Gasteiger partial charge >= 0.3 is 0 Å². The topological polar surface area (TPSA) is 54.0 Å². The van der Waals surface area contributed by atoms with Gasteiger partial charge in [-0.2, -0.15) is 0 Å². The third-order valence-electron chi connectivity index (χ3n) is 2.80. The number of fused-ring (bicyclic) bond motifs is 1. The molecule has 1 aliphatic heterocycles. The minimum Gasteiger partial charge on any atom is -0.361 e. The summed E-state index contributed by atoms with van der Waals surface area (Å²) in [5.74, 6) is 0.481. The van der Waals surface area contributed by atoms with E-state index in [-0.39, 0.29) is 5.91 Å². The molecule has 0 saturated carbocycles. The number of rotatable bonds is 2. The van der Waals surface area contributed by atoms with Gasteiger partial charge in [0.2, 0.25) is 0 Å². The van der Waals surface area contributed by atoms with E-state index < -0.39 is 0 Å². The number of nitrogens with zero attached hydrogens (tertiary/aromatic N) is 1. The first-order valence-corrected chi connectivity index (χ1v) is 6.81. The van der Waals surface area contributed by atoms with Crippen molar-refractivity contribution in [2.75, 3.05) is 10.6 Å². The highest BCUT2D eigenvalue weighted by Gasteiger charge is 2.24. The quantitative estimate of drug-likeness (QED) is 0.637. The summed E-state index contributed by atoms with van der Waals surface area (Å²) in [5, 5.41) is 5.86. The van der Waals surface area contributed by atoms with Crippen molar-refractivity contribution in [1.82, 2.24) is 4.98 Å². The number of aromatic nitrogens is 1. The van der Waals surface area contributed by atoms with Gasteiger partial charge in [-0.25, -0.2) is 4.98 Å². The Hall–Kier alpha value is -1.89. The summed E-state index contributed by atoms with van der Waals surface area (Å²) in [6, 6.07) is 11.6. The van der Waals surface area contributed by atoms with Crippen LogP contribution in [0.15, 0.2) is 48.8 Å². The molecular formula is C14H10IN3O. The fraction of sp³-hybridized carbons (Fsp3) is 0. The van der Waals surface area contributed by atoms with Gasteiger partial charge in [0.05, 0.1) is 5.57 Å². The maximum absolute atomic E-state index is 11.8. The first-order chi connectivity index (χ1) is 9.24. The molecule has 3 rings (SSSR count). The van der Waals surface area contributed by atoms with Gasteiger partial charge in [-0.05, 0) is 59.0 Å². The lowest BCUT2D eigenvalue weighted by molar-refractivity contribution is -0.110. The van der Waals surface area contributed by atoms with Gasteiger partial charge in [-0.1, -0.05) is 0 Å². The Morgan fingerprint density at radius 3 is 2.79 bits per heavy atom. The average molecular weight is 363 g/mol. The molecule has 2 aromatic rings. The number of anilines is 2. The first kappa shape index (κ1) is 12.2. The maximum atomic E-state index is 11.8. The lowest BCUT2D eigenvalue weighted by atomic mass is 10.1. The van der Waals surface area contributed by atoms with Crippen LogP contribution in [-0.2, 0) is 4.79 Å². The highest BCUT2D eigenvalue weighted by atomic mass is 127. The molecular weight excluding hydrogens is 353 g/mol. The van der Waals surface area contributed by atoms with Crippen LogP contribution in [0.25, 0.3) is 5.57 Å². The average Bonchev–Trinajstić information content (AvgIpc) is 2.74. The third kappa shape index (κ3) is 2.46. The van der Waals surface area contributed by atoms with Crippen LogP contribution in [0.4, 0.5) is 11.5 Å². The van der Waals surface area contributed by atoms with Gasteiger partial charge in [0, 0.05) is 27.2 Å². The van der Waals surface area contributed by atoms with Crippen LogP contribution in [0.5, 0.6) is 0 Å². The highest BCUT2D eigenvalue weighted by molar-refractivity contribution is 14.1. The van der Waals surface area contributed by atoms with Crippen molar-refractivity contribution >= 4 is 45.6 Å². The fourth-order valence-corrected chi connectivity index (χ4v) is 2.22. The summed E-state index contributed by atoms with van der Waals surface area (Å²) in [6.07, 6.45) is 3.37. The van der Waals surface area contributed by atoms with Crippen molar-refractivity contribution in [3.63, 3.8) is 0 Å². The molecule has 0 spiro atoms. The molecule has 1 aliphatic rings. The summed E-state index contributed by atoms with van der Waals surface area (Å²) < 4.78 is 1.17. The number of carbonyl (C=O) groups is 1. The summed E-state index contributed by atoms with van der Waals surface area (Å²) in [4.78, 5) is 16.0. The molecule has 0 unspecified atom stereocenters. The Morgan fingerprint density at radius 1 is 1.21 bits per heavy atom. The molecule has 1 aromatic heterocycles. The second kappa shape index (κ2) is 5.00. The van der Waals surface area contributed by atoms with Crippen LogP contribution >= 0.6 is 22.6 Å². The molecule has 1 amide bonds. The number of carbonyl (C=O) groups excluding carboxylic acids is 1. The number of hydrogen-bond acceptors (Lipinski definition) is 3. The van der Waals surface area contributed by atoms with E-state index in [0.717, 1.165) is 11.3 Å². The van der Waals surface area contributed by atoms with Crippen molar-refractivity contribution < 1.29 is 4.79 Å². The van der Waals surface area contributed by atoms with E-state index in [2.05, 4.69) is 38.2 Å². The molecule has 0 bridgehead atoms. The number of amides is 1. The van der Waals surface area contributed by atoms with Gasteiger partial charge in [0.15, 0.2) is 0 Å². The molecule has 0 fully saturated rings. The molecule has 4 nitrogen and oxygen atoms in total. The van der Waals surface area contributed by atoms with E-state index >= 15 is 0 Å². The molecule has 1 aromatic carbocycles. The van der Waals surface area contributed by atoms with E-state index in [1.807, 2.05) is 36.4 Å². The highest BCUT2D eigenvalue weighted by Crippen LogP contribution is 2.29. The normalized spacial score (nSPS) is 15.2.